The lowest BCUT2D eigenvalue weighted by Gasteiger charge is -2.28. The molecule has 176 valence electrons. The lowest BCUT2D eigenvalue weighted by atomic mass is 10.1. The fourth-order valence-corrected chi connectivity index (χ4v) is 5.34. The number of aromatic nitrogens is 1. The van der Waals surface area contributed by atoms with Gasteiger partial charge in [0.25, 0.3) is 5.22 Å². The molecule has 1 atom stereocenters. The van der Waals surface area contributed by atoms with Gasteiger partial charge in [-0.15, -0.1) is 0 Å². The molecule has 1 unspecified atom stereocenters. The van der Waals surface area contributed by atoms with Gasteiger partial charge >= 0.3 is 0 Å². The summed E-state index contributed by atoms with van der Waals surface area (Å²) in [6.07, 6.45) is 3.72. The van der Waals surface area contributed by atoms with Crippen molar-refractivity contribution in [1.29, 1.82) is 0 Å². The quantitative estimate of drug-likeness (QED) is 0.498. The summed E-state index contributed by atoms with van der Waals surface area (Å²) in [5.41, 5.74) is 2.82. The van der Waals surface area contributed by atoms with Gasteiger partial charge in [0.1, 0.15) is 5.52 Å². The topological polar surface area (TPSA) is 95.8 Å². The molecule has 1 N–H and O–H groups in total. The number of fused-ring (bicyclic) bond motifs is 1. The lowest BCUT2D eigenvalue weighted by Crippen LogP contribution is -2.29. The van der Waals surface area contributed by atoms with E-state index in [1.807, 2.05) is 24.3 Å². The molecule has 1 aliphatic heterocycles. The molecule has 10 heteroatoms. The van der Waals surface area contributed by atoms with Crippen LogP contribution in [0.1, 0.15) is 26.2 Å². The molecule has 1 aromatic heterocycles. The maximum atomic E-state index is 12.7. The van der Waals surface area contributed by atoms with E-state index in [1.54, 1.807) is 13.0 Å². The molecule has 33 heavy (non-hydrogen) atoms. The fraction of sp³-hybridized carbons (Fsp3) is 0.391. The molecule has 0 spiro atoms. The third-order valence-electron chi connectivity index (χ3n) is 5.62. The van der Waals surface area contributed by atoms with E-state index in [0.717, 1.165) is 23.1 Å². The van der Waals surface area contributed by atoms with E-state index in [0.29, 0.717) is 16.3 Å². The monoisotopic (exact) mass is 488 g/mol. The first-order chi connectivity index (χ1) is 15.7. The second-order valence-corrected chi connectivity index (χ2v) is 11.7. The number of carbonyl (C=O) groups excluding carboxylic acids is 1. The highest BCUT2D eigenvalue weighted by Crippen LogP contribution is 2.29. The molecule has 2 aromatic carbocycles. The molecule has 4 rings (SSSR count). The Bertz CT molecular complexity index is 1230. The number of nitrogens with zero attached hydrogens (tertiary/aromatic N) is 3. The second-order valence-electron chi connectivity index (χ2n) is 8.24. The van der Waals surface area contributed by atoms with Gasteiger partial charge in [0, 0.05) is 38.6 Å². The fourth-order valence-electron chi connectivity index (χ4n) is 3.66. The molecule has 0 aliphatic carbocycles. The standard InChI is InChI=1S/C23H28N4O4S2/c1-16(22(28)24-17-7-9-18(10-8-17)27-13-5-4-6-14-27)32-23-25-20-15-19(11-12-21(20)31-23)33(29,30)26(2)3/h7-12,15-16H,4-6,13-14H2,1-3H3,(H,24,28). The normalized spacial score (nSPS) is 15.7. The summed E-state index contributed by atoms with van der Waals surface area (Å²) in [6, 6.07) is 12.5. The van der Waals surface area contributed by atoms with Crippen LogP contribution in [0.3, 0.4) is 0 Å². The van der Waals surface area contributed by atoms with Crippen molar-refractivity contribution in [3.63, 3.8) is 0 Å². The molecule has 1 aliphatic rings. The molecule has 2 heterocycles. The Morgan fingerprint density at radius 2 is 1.82 bits per heavy atom. The molecule has 8 nitrogen and oxygen atoms in total. The van der Waals surface area contributed by atoms with Gasteiger partial charge in [0.2, 0.25) is 15.9 Å². The molecule has 0 saturated carbocycles. The van der Waals surface area contributed by atoms with Crippen molar-refractivity contribution >= 4 is 50.2 Å². The van der Waals surface area contributed by atoms with Gasteiger partial charge in [-0.05, 0) is 68.7 Å². The summed E-state index contributed by atoms with van der Waals surface area (Å²) in [4.78, 5) is 19.6. The summed E-state index contributed by atoms with van der Waals surface area (Å²) in [7, 11) is -0.608. The van der Waals surface area contributed by atoms with E-state index in [4.69, 9.17) is 4.42 Å². The summed E-state index contributed by atoms with van der Waals surface area (Å²) in [6.45, 7) is 3.93. The number of benzene rings is 2. The van der Waals surface area contributed by atoms with Crippen LogP contribution in [0.2, 0.25) is 0 Å². The molecule has 1 fully saturated rings. The Morgan fingerprint density at radius 3 is 2.48 bits per heavy atom. The lowest BCUT2D eigenvalue weighted by molar-refractivity contribution is -0.115. The summed E-state index contributed by atoms with van der Waals surface area (Å²) < 4.78 is 31.5. The minimum absolute atomic E-state index is 0.142. The van der Waals surface area contributed by atoms with Crippen molar-refractivity contribution in [3.8, 4) is 0 Å². The van der Waals surface area contributed by atoms with Crippen LogP contribution >= 0.6 is 11.8 Å². The largest absolute Gasteiger partial charge is 0.431 e. The summed E-state index contributed by atoms with van der Waals surface area (Å²) in [5.74, 6) is -0.163. The SMILES string of the molecule is CC(Sc1nc2cc(S(=O)(=O)N(C)C)ccc2o1)C(=O)Nc1ccc(N2CCCCC2)cc1. The van der Waals surface area contributed by atoms with Crippen LogP contribution in [0, 0.1) is 0 Å². The molecule has 1 saturated heterocycles. The van der Waals surface area contributed by atoms with Crippen LogP contribution < -0.4 is 10.2 Å². The van der Waals surface area contributed by atoms with Crippen molar-refractivity contribution in [2.24, 2.45) is 0 Å². The Hall–Kier alpha value is -2.56. The average molecular weight is 489 g/mol. The van der Waals surface area contributed by atoms with Crippen molar-refractivity contribution in [2.45, 2.75) is 41.6 Å². The van der Waals surface area contributed by atoms with E-state index < -0.39 is 15.3 Å². The second kappa shape index (κ2) is 9.74. The van der Waals surface area contributed by atoms with Gasteiger partial charge in [0.15, 0.2) is 5.58 Å². The maximum absolute atomic E-state index is 12.7. The van der Waals surface area contributed by atoms with Crippen LogP contribution in [0.5, 0.6) is 0 Å². The van der Waals surface area contributed by atoms with Crippen LogP contribution in [0.25, 0.3) is 11.1 Å². The Labute approximate surface area is 198 Å². The third kappa shape index (κ3) is 5.34. The van der Waals surface area contributed by atoms with Crippen molar-refractivity contribution in [2.75, 3.05) is 37.4 Å². The average Bonchev–Trinajstić information content (AvgIpc) is 3.21. The van der Waals surface area contributed by atoms with E-state index in [2.05, 4.69) is 15.2 Å². The number of amides is 1. The zero-order valence-electron chi connectivity index (χ0n) is 18.9. The minimum Gasteiger partial charge on any atom is -0.431 e. The Kier molecular flexibility index (Phi) is 6.96. The number of rotatable bonds is 7. The number of thioether (sulfide) groups is 1. The van der Waals surface area contributed by atoms with Crippen LogP contribution in [0.15, 0.2) is 57.0 Å². The molecular weight excluding hydrogens is 460 g/mol. The maximum Gasteiger partial charge on any atom is 0.257 e. The first-order valence-corrected chi connectivity index (χ1v) is 13.2. The molecule has 3 aromatic rings. The van der Waals surface area contributed by atoms with E-state index in [1.165, 1.54) is 62.9 Å². The van der Waals surface area contributed by atoms with Gasteiger partial charge in [-0.2, -0.15) is 0 Å². The Morgan fingerprint density at radius 1 is 1.12 bits per heavy atom. The Balaban J connectivity index is 1.40. The predicted octanol–water partition coefficient (Wildman–Crippen LogP) is 4.19. The zero-order valence-corrected chi connectivity index (χ0v) is 20.6. The van der Waals surface area contributed by atoms with Gasteiger partial charge < -0.3 is 14.6 Å². The van der Waals surface area contributed by atoms with Gasteiger partial charge in [-0.1, -0.05) is 11.8 Å². The molecule has 0 bridgehead atoms. The van der Waals surface area contributed by atoms with Crippen molar-refractivity contribution in [1.82, 2.24) is 9.29 Å². The van der Waals surface area contributed by atoms with Gasteiger partial charge in [-0.25, -0.2) is 17.7 Å². The molecular formula is C23H28N4O4S2. The minimum atomic E-state index is -3.56. The molecule has 1 amide bonds. The first-order valence-electron chi connectivity index (χ1n) is 10.9. The van der Waals surface area contributed by atoms with Crippen molar-refractivity contribution < 1.29 is 17.6 Å². The molecule has 0 radical (unpaired) electrons. The summed E-state index contributed by atoms with van der Waals surface area (Å²) in [5, 5.41) is 2.79. The number of carbonyl (C=O) groups is 1. The van der Waals surface area contributed by atoms with Crippen LogP contribution in [0.4, 0.5) is 11.4 Å². The first kappa shape index (κ1) is 23.6. The smallest absolute Gasteiger partial charge is 0.257 e. The number of anilines is 2. The van der Waals surface area contributed by atoms with Crippen LogP contribution in [-0.4, -0.2) is 56.0 Å². The third-order valence-corrected chi connectivity index (χ3v) is 8.38. The van der Waals surface area contributed by atoms with Crippen LogP contribution in [-0.2, 0) is 14.8 Å². The van der Waals surface area contributed by atoms with Gasteiger partial charge in [-0.3, -0.25) is 4.79 Å². The number of piperidine rings is 1. The van der Waals surface area contributed by atoms with Crippen molar-refractivity contribution in [3.05, 3.63) is 42.5 Å². The highest BCUT2D eigenvalue weighted by Gasteiger charge is 2.21. The zero-order chi connectivity index (χ0) is 23.6. The number of sulfonamides is 1. The highest BCUT2D eigenvalue weighted by atomic mass is 32.2. The van der Waals surface area contributed by atoms with E-state index in [9.17, 15) is 13.2 Å². The number of hydrogen-bond donors (Lipinski definition) is 1. The van der Waals surface area contributed by atoms with E-state index in [-0.39, 0.29) is 10.8 Å². The summed E-state index contributed by atoms with van der Waals surface area (Å²) >= 11 is 1.18. The number of oxazole rings is 1. The number of nitrogens with one attached hydrogen (secondary N) is 1. The number of hydrogen-bond acceptors (Lipinski definition) is 7. The van der Waals surface area contributed by atoms with Gasteiger partial charge in [0.05, 0.1) is 10.1 Å². The van der Waals surface area contributed by atoms with E-state index >= 15 is 0 Å². The highest BCUT2D eigenvalue weighted by molar-refractivity contribution is 8.00. The predicted molar refractivity (Wildman–Crippen MR) is 131 cm³/mol.